The second kappa shape index (κ2) is 6.56. The summed E-state index contributed by atoms with van der Waals surface area (Å²) in [6.45, 7) is 3.80. The molecule has 0 radical (unpaired) electrons. The second-order valence-corrected chi connectivity index (χ2v) is 4.44. The number of carboxylic acids is 1. The second-order valence-electron chi connectivity index (χ2n) is 4.44. The molecule has 1 aliphatic heterocycles. The van der Waals surface area contributed by atoms with Gasteiger partial charge in [-0.05, 0) is 12.5 Å². The fraction of sp³-hybridized carbons (Fsp3) is 0.818. The molecule has 0 saturated carbocycles. The molecule has 3 N–H and O–H groups in total. The molecule has 6 nitrogen and oxygen atoms in total. The normalized spacial score (nSPS) is 25.5. The van der Waals surface area contributed by atoms with E-state index in [1.54, 1.807) is 0 Å². The van der Waals surface area contributed by atoms with E-state index >= 15 is 0 Å². The quantitative estimate of drug-likeness (QED) is 0.583. The zero-order valence-electron chi connectivity index (χ0n) is 10.2. The van der Waals surface area contributed by atoms with Crippen molar-refractivity contribution in [1.82, 2.24) is 10.6 Å². The number of aliphatic carboxylic acids is 1. The van der Waals surface area contributed by atoms with Gasteiger partial charge in [-0.15, -0.1) is 0 Å². The summed E-state index contributed by atoms with van der Waals surface area (Å²) in [4.78, 5) is 22.3. The molecule has 0 aromatic carbocycles. The molecular formula is C11H20N2O4. The smallest absolute Gasteiger partial charge is 0.306 e. The number of rotatable bonds is 6. The van der Waals surface area contributed by atoms with Crippen LogP contribution in [0.3, 0.4) is 0 Å². The molecule has 6 heteroatoms. The average molecular weight is 244 g/mol. The Bertz CT molecular complexity index is 283. The van der Waals surface area contributed by atoms with Crippen LogP contribution in [-0.4, -0.2) is 49.8 Å². The Kier molecular flexibility index (Phi) is 5.37. The summed E-state index contributed by atoms with van der Waals surface area (Å²) in [6.07, 6.45) is -0.573. The van der Waals surface area contributed by atoms with Gasteiger partial charge in [0.2, 0.25) is 5.91 Å². The largest absolute Gasteiger partial charge is 0.481 e. The molecule has 1 fully saturated rings. The van der Waals surface area contributed by atoms with Crippen LogP contribution >= 0.6 is 0 Å². The third-order valence-electron chi connectivity index (χ3n) is 3.09. The van der Waals surface area contributed by atoms with Crippen LogP contribution in [0.2, 0.25) is 0 Å². The molecule has 1 amide bonds. The molecule has 0 aliphatic carbocycles. The maximum atomic E-state index is 11.8. The van der Waals surface area contributed by atoms with Gasteiger partial charge in [-0.3, -0.25) is 9.59 Å². The zero-order chi connectivity index (χ0) is 12.8. The van der Waals surface area contributed by atoms with Crippen molar-refractivity contribution >= 4 is 11.9 Å². The summed E-state index contributed by atoms with van der Waals surface area (Å²) in [7, 11) is 1.44. The van der Waals surface area contributed by atoms with Crippen LogP contribution in [0.15, 0.2) is 0 Å². The van der Waals surface area contributed by atoms with Gasteiger partial charge >= 0.3 is 5.97 Å². The van der Waals surface area contributed by atoms with Gasteiger partial charge in [0.25, 0.3) is 0 Å². The van der Waals surface area contributed by atoms with Crippen molar-refractivity contribution in [2.24, 2.45) is 11.8 Å². The van der Waals surface area contributed by atoms with Gasteiger partial charge in [-0.2, -0.15) is 0 Å². The zero-order valence-corrected chi connectivity index (χ0v) is 10.2. The third-order valence-corrected chi connectivity index (χ3v) is 3.09. The predicted octanol–water partition coefficient (Wildman–Crippen LogP) is -0.552. The Hall–Kier alpha value is -1.14. The first kappa shape index (κ1) is 13.9. The number of methoxy groups -OCH3 is 1. The fourth-order valence-electron chi connectivity index (χ4n) is 1.94. The molecule has 0 spiro atoms. The Balaban J connectivity index is 2.33. The molecule has 3 atom stereocenters. The Morgan fingerprint density at radius 2 is 2.24 bits per heavy atom. The van der Waals surface area contributed by atoms with Crippen molar-refractivity contribution in [3.63, 3.8) is 0 Å². The minimum Gasteiger partial charge on any atom is -0.481 e. The van der Waals surface area contributed by atoms with Gasteiger partial charge in [0.05, 0.1) is 18.4 Å². The number of ether oxygens (including phenoxy) is 1. The third kappa shape index (κ3) is 4.32. The Labute approximate surface area is 101 Å². The number of hydrogen-bond acceptors (Lipinski definition) is 4. The minimum atomic E-state index is -0.929. The summed E-state index contributed by atoms with van der Waals surface area (Å²) < 4.78 is 4.99. The van der Waals surface area contributed by atoms with Crippen molar-refractivity contribution in [1.29, 1.82) is 0 Å². The lowest BCUT2D eigenvalue weighted by atomic mass is 9.97. The van der Waals surface area contributed by atoms with Gasteiger partial charge in [-0.1, -0.05) is 6.92 Å². The maximum absolute atomic E-state index is 11.8. The lowest BCUT2D eigenvalue weighted by molar-refractivity contribution is -0.140. The van der Waals surface area contributed by atoms with Crippen molar-refractivity contribution < 1.29 is 19.4 Å². The lowest BCUT2D eigenvalue weighted by Gasteiger charge is -2.17. The van der Waals surface area contributed by atoms with Crippen molar-refractivity contribution in [3.8, 4) is 0 Å². The number of carboxylic acid groups (broad SMARTS) is 1. The number of carbonyl (C=O) groups excluding carboxylic acids is 1. The molecule has 0 bridgehead atoms. The first-order chi connectivity index (χ1) is 8.04. The van der Waals surface area contributed by atoms with E-state index in [2.05, 4.69) is 10.6 Å². The number of nitrogens with one attached hydrogen (secondary N) is 2. The molecule has 1 aliphatic rings. The molecule has 0 aromatic heterocycles. The van der Waals surface area contributed by atoms with E-state index in [9.17, 15) is 9.59 Å². The van der Waals surface area contributed by atoms with E-state index in [1.807, 2.05) is 6.92 Å². The van der Waals surface area contributed by atoms with Crippen LogP contribution in [0.5, 0.6) is 0 Å². The summed E-state index contributed by atoms with van der Waals surface area (Å²) in [6, 6.07) is 0. The minimum absolute atomic E-state index is 0.0302. The van der Waals surface area contributed by atoms with Crippen LogP contribution in [0.4, 0.5) is 0 Å². The van der Waals surface area contributed by atoms with Gasteiger partial charge < -0.3 is 20.5 Å². The first-order valence-corrected chi connectivity index (χ1v) is 5.77. The molecule has 3 unspecified atom stereocenters. The van der Waals surface area contributed by atoms with Crippen LogP contribution in [0.1, 0.15) is 13.3 Å². The summed E-state index contributed by atoms with van der Waals surface area (Å²) in [5, 5.41) is 14.5. The van der Waals surface area contributed by atoms with E-state index in [0.717, 1.165) is 6.54 Å². The number of carbonyl (C=O) groups is 2. The highest BCUT2D eigenvalue weighted by molar-refractivity contribution is 5.79. The maximum Gasteiger partial charge on any atom is 0.306 e. The summed E-state index contributed by atoms with van der Waals surface area (Å²) >= 11 is 0. The van der Waals surface area contributed by atoms with Crippen LogP contribution in [0.25, 0.3) is 0 Å². The average Bonchev–Trinajstić information content (AvgIpc) is 2.69. The first-order valence-electron chi connectivity index (χ1n) is 5.77. The Morgan fingerprint density at radius 3 is 2.71 bits per heavy atom. The summed E-state index contributed by atoms with van der Waals surface area (Å²) in [5.41, 5.74) is 0. The van der Waals surface area contributed by atoms with Gasteiger partial charge in [0.15, 0.2) is 0 Å². The van der Waals surface area contributed by atoms with Crippen LogP contribution in [0, 0.1) is 11.8 Å². The molecule has 1 rings (SSSR count). The highest BCUT2D eigenvalue weighted by Gasteiger charge is 2.29. The highest BCUT2D eigenvalue weighted by Crippen LogP contribution is 2.15. The molecule has 17 heavy (non-hydrogen) atoms. The number of hydrogen-bond donors (Lipinski definition) is 3. The van der Waals surface area contributed by atoms with Crippen molar-refractivity contribution in [3.05, 3.63) is 0 Å². The molecular weight excluding hydrogens is 224 g/mol. The fourth-order valence-corrected chi connectivity index (χ4v) is 1.94. The van der Waals surface area contributed by atoms with Crippen LogP contribution in [-0.2, 0) is 14.3 Å². The van der Waals surface area contributed by atoms with Gasteiger partial charge in [0, 0.05) is 20.2 Å². The van der Waals surface area contributed by atoms with E-state index in [-0.39, 0.29) is 24.8 Å². The Morgan fingerprint density at radius 1 is 1.53 bits per heavy atom. The molecule has 0 aromatic rings. The molecule has 1 saturated heterocycles. The number of amides is 1. The highest BCUT2D eigenvalue weighted by atomic mass is 16.5. The van der Waals surface area contributed by atoms with E-state index in [0.29, 0.717) is 12.5 Å². The van der Waals surface area contributed by atoms with Crippen molar-refractivity contribution in [2.75, 3.05) is 26.7 Å². The molecule has 98 valence electrons. The standard InChI is InChI=1S/C11H20N2O4/c1-7-4-12-6-9(7)11(16)13-5-8(17-2)3-10(14)15/h7-9,12H,3-6H2,1-2H3,(H,13,16)(H,14,15). The van der Waals surface area contributed by atoms with E-state index in [4.69, 9.17) is 9.84 Å². The topological polar surface area (TPSA) is 87.7 Å². The van der Waals surface area contributed by atoms with Gasteiger partial charge in [0.1, 0.15) is 0 Å². The monoisotopic (exact) mass is 244 g/mol. The van der Waals surface area contributed by atoms with E-state index in [1.165, 1.54) is 7.11 Å². The van der Waals surface area contributed by atoms with E-state index < -0.39 is 12.1 Å². The van der Waals surface area contributed by atoms with Crippen LogP contribution < -0.4 is 10.6 Å². The molecule has 1 heterocycles. The lowest BCUT2D eigenvalue weighted by Crippen LogP contribution is -2.39. The van der Waals surface area contributed by atoms with Gasteiger partial charge in [-0.25, -0.2) is 0 Å². The SMILES string of the molecule is COC(CNC(=O)C1CNCC1C)CC(=O)O. The van der Waals surface area contributed by atoms with Crippen molar-refractivity contribution in [2.45, 2.75) is 19.4 Å². The predicted molar refractivity (Wildman–Crippen MR) is 61.6 cm³/mol. The summed E-state index contributed by atoms with van der Waals surface area (Å²) in [5.74, 6) is -0.676.